The molecule has 1 aliphatic carbocycles. The first-order chi connectivity index (χ1) is 13.8. The first-order valence-corrected chi connectivity index (χ1v) is 10.3. The molecule has 0 amide bonds. The van der Waals surface area contributed by atoms with E-state index in [1.54, 1.807) is 0 Å². The van der Waals surface area contributed by atoms with Gasteiger partial charge in [0.2, 0.25) is 0 Å². The summed E-state index contributed by atoms with van der Waals surface area (Å²) < 4.78 is 2.33. The Bertz CT molecular complexity index is 1120. The number of fused-ring (bicyclic) bond motifs is 2. The largest absolute Gasteiger partial charge is 4.00 e. The molecule has 1 heterocycles. The summed E-state index contributed by atoms with van der Waals surface area (Å²) in [5.41, 5.74) is 5.21. The average Bonchev–Trinajstić information content (AvgIpc) is 3.44. The molecular formula is C27H27F2NZr. The van der Waals surface area contributed by atoms with Gasteiger partial charge in [0, 0.05) is 11.1 Å². The van der Waals surface area contributed by atoms with E-state index in [0.717, 1.165) is 6.42 Å². The molecule has 1 aromatic heterocycles. The predicted molar refractivity (Wildman–Crippen MR) is 121 cm³/mol. The molecule has 31 heavy (non-hydrogen) atoms. The number of allylic oxidation sites excluding steroid dienone is 4. The van der Waals surface area contributed by atoms with Crippen molar-refractivity contribution in [2.75, 3.05) is 0 Å². The number of aromatic nitrogens is 1. The van der Waals surface area contributed by atoms with Crippen molar-refractivity contribution < 1.29 is 35.6 Å². The fraction of sp³-hybridized carbons (Fsp3) is 0.222. The van der Waals surface area contributed by atoms with Crippen LogP contribution < -0.4 is 9.41 Å². The molecule has 4 aromatic rings. The molecule has 0 radical (unpaired) electrons. The van der Waals surface area contributed by atoms with Crippen LogP contribution >= 0.6 is 0 Å². The number of hydrogen-bond donors (Lipinski definition) is 0. The minimum Gasteiger partial charge on any atom is -1.00 e. The van der Waals surface area contributed by atoms with Crippen LogP contribution in [0, 0.1) is 13.0 Å². The van der Waals surface area contributed by atoms with Gasteiger partial charge in [-0.25, -0.2) is 11.6 Å². The predicted octanol–water partition coefficient (Wildman–Crippen LogP) is 1.68. The van der Waals surface area contributed by atoms with Crippen molar-refractivity contribution in [3.63, 3.8) is 0 Å². The maximum absolute atomic E-state index is 3.30. The SMILES string of the molecule is CCCCC1=[C-]CC=C1.Cc1cc2ccccc2n1-c1cc2ccccc2[cH-]1.[F-].[F-].[Zr+4]. The van der Waals surface area contributed by atoms with E-state index in [0.29, 0.717) is 0 Å². The van der Waals surface area contributed by atoms with Gasteiger partial charge in [-0.1, -0.05) is 50.5 Å². The maximum atomic E-state index is 3.30. The minimum absolute atomic E-state index is 0. The van der Waals surface area contributed by atoms with Gasteiger partial charge in [0.25, 0.3) is 0 Å². The van der Waals surface area contributed by atoms with Crippen LogP contribution in [-0.4, -0.2) is 4.57 Å². The fourth-order valence-corrected chi connectivity index (χ4v) is 3.89. The first-order valence-electron chi connectivity index (χ1n) is 10.3. The molecule has 0 atom stereocenters. The van der Waals surface area contributed by atoms with Gasteiger partial charge in [0.15, 0.2) is 0 Å². The van der Waals surface area contributed by atoms with Crippen molar-refractivity contribution in [2.24, 2.45) is 0 Å². The number of hydrogen-bond acceptors (Lipinski definition) is 0. The quantitative estimate of drug-likeness (QED) is 0.381. The van der Waals surface area contributed by atoms with Crippen molar-refractivity contribution in [1.29, 1.82) is 0 Å². The summed E-state index contributed by atoms with van der Waals surface area (Å²) in [5, 5.41) is 3.90. The molecular weight excluding hydrogens is 468 g/mol. The molecule has 158 valence electrons. The minimum atomic E-state index is 0. The third-order valence-electron chi connectivity index (χ3n) is 5.32. The van der Waals surface area contributed by atoms with Crippen LogP contribution in [0.1, 0.15) is 38.3 Å². The van der Waals surface area contributed by atoms with Crippen LogP contribution in [0.15, 0.2) is 84.5 Å². The summed E-state index contributed by atoms with van der Waals surface area (Å²) in [6, 6.07) is 23.8. The molecule has 5 rings (SSSR count). The van der Waals surface area contributed by atoms with Crippen molar-refractivity contribution >= 4 is 21.7 Å². The Morgan fingerprint density at radius 3 is 2.35 bits per heavy atom. The van der Waals surface area contributed by atoms with E-state index >= 15 is 0 Å². The van der Waals surface area contributed by atoms with E-state index in [1.807, 2.05) is 0 Å². The van der Waals surface area contributed by atoms with Crippen LogP contribution in [0.25, 0.3) is 27.4 Å². The van der Waals surface area contributed by atoms with Gasteiger partial charge >= 0.3 is 26.2 Å². The number of rotatable bonds is 4. The molecule has 0 saturated heterocycles. The van der Waals surface area contributed by atoms with E-state index < -0.39 is 0 Å². The second kappa shape index (κ2) is 12.6. The van der Waals surface area contributed by atoms with Gasteiger partial charge in [0.1, 0.15) is 0 Å². The Morgan fingerprint density at radius 1 is 0.968 bits per heavy atom. The topological polar surface area (TPSA) is 4.93 Å². The van der Waals surface area contributed by atoms with Gasteiger partial charge in [-0.3, -0.25) is 6.08 Å². The molecule has 1 nitrogen and oxygen atoms in total. The summed E-state index contributed by atoms with van der Waals surface area (Å²) in [5.74, 6) is 0. The number of benzene rings is 2. The molecule has 1 aliphatic rings. The Labute approximate surface area is 202 Å². The van der Waals surface area contributed by atoms with Gasteiger partial charge < -0.3 is 14.0 Å². The first kappa shape index (κ1) is 26.8. The number of unbranched alkanes of at least 4 members (excludes halogenated alkanes) is 1. The van der Waals surface area contributed by atoms with Gasteiger partial charge in [-0.15, -0.1) is 47.5 Å². The normalized spacial score (nSPS) is 11.7. The van der Waals surface area contributed by atoms with Crippen LogP contribution in [0.3, 0.4) is 0 Å². The average molecular weight is 495 g/mol. The van der Waals surface area contributed by atoms with E-state index in [4.69, 9.17) is 0 Å². The van der Waals surface area contributed by atoms with Crippen LogP contribution in [0.4, 0.5) is 0 Å². The van der Waals surface area contributed by atoms with E-state index in [2.05, 4.69) is 103 Å². The zero-order valence-electron chi connectivity index (χ0n) is 18.0. The third-order valence-corrected chi connectivity index (χ3v) is 5.32. The monoisotopic (exact) mass is 493 g/mol. The summed E-state index contributed by atoms with van der Waals surface area (Å²) in [6.45, 7) is 4.39. The van der Waals surface area contributed by atoms with Crippen molar-refractivity contribution in [2.45, 2.75) is 39.5 Å². The Hall–Kier alpha value is -2.19. The number of halogens is 2. The molecule has 0 spiro atoms. The van der Waals surface area contributed by atoms with Crippen LogP contribution in [0.2, 0.25) is 0 Å². The van der Waals surface area contributed by atoms with Gasteiger partial charge in [-0.2, -0.15) is 6.08 Å². The van der Waals surface area contributed by atoms with Crippen LogP contribution in [-0.2, 0) is 26.2 Å². The Kier molecular flexibility index (Phi) is 10.9. The molecule has 0 N–H and O–H groups in total. The smallest absolute Gasteiger partial charge is 1.00 e. The summed E-state index contributed by atoms with van der Waals surface area (Å²) in [6.07, 6.45) is 12.5. The van der Waals surface area contributed by atoms with E-state index in [1.165, 1.54) is 57.9 Å². The molecule has 0 unspecified atom stereocenters. The summed E-state index contributed by atoms with van der Waals surface area (Å²) in [7, 11) is 0. The summed E-state index contributed by atoms with van der Waals surface area (Å²) >= 11 is 0. The second-order valence-corrected chi connectivity index (χ2v) is 7.43. The zero-order valence-corrected chi connectivity index (χ0v) is 20.5. The Morgan fingerprint density at radius 2 is 1.68 bits per heavy atom. The molecule has 0 saturated carbocycles. The van der Waals surface area contributed by atoms with Crippen molar-refractivity contribution in [3.8, 4) is 5.69 Å². The molecule has 0 aliphatic heterocycles. The fourth-order valence-electron chi connectivity index (χ4n) is 3.89. The Balaban J connectivity index is 0.000000348. The van der Waals surface area contributed by atoms with Crippen molar-refractivity contribution in [3.05, 3.63) is 96.2 Å². The van der Waals surface area contributed by atoms with Crippen molar-refractivity contribution in [1.82, 2.24) is 4.57 Å². The maximum Gasteiger partial charge on any atom is 4.00 e. The van der Waals surface area contributed by atoms with Gasteiger partial charge in [-0.05, 0) is 24.7 Å². The molecule has 0 bridgehead atoms. The molecule has 3 aromatic carbocycles. The molecule has 4 heteroatoms. The summed E-state index contributed by atoms with van der Waals surface area (Å²) in [4.78, 5) is 0. The number of para-hydroxylation sites is 1. The van der Waals surface area contributed by atoms with E-state index in [-0.39, 0.29) is 35.6 Å². The van der Waals surface area contributed by atoms with Gasteiger partial charge in [0.05, 0.1) is 5.52 Å². The molecule has 0 fully saturated rings. The number of nitrogens with zero attached hydrogens (tertiary/aromatic N) is 1. The second-order valence-electron chi connectivity index (χ2n) is 7.43. The zero-order chi connectivity index (χ0) is 19.3. The standard InChI is InChI=1S/C18H14N.C9H13.2FH.Zr/c1-13-10-16-8-4-5-9-18(16)19(13)17-11-14-6-2-3-7-15(14)12-17;1-2-3-6-9-7-4-5-8-9;;;/h2-12H,1H3;4,7H,2-3,5-6H2,1H3;2*1H;/q2*-1;;;+4/p-2. The van der Waals surface area contributed by atoms with E-state index in [9.17, 15) is 0 Å². The number of aryl methyl sites for hydroxylation is 1. The van der Waals surface area contributed by atoms with Crippen LogP contribution in [0.5, 0.6) is 0 Å². The third kappa shape index (κ3) is 6.17.